The van der Waals surface area contributed by atoms with E-state index >= 15 is 0 Å². The van der Waals surface area contributed by atoms with Crippen LogP contribution in [-0.2, 0) is 13.0 Å². The van der Waals surface area contributed by atoms with Gasteiger partial charge in [-0.05, 0) is 53.5 Å². The Hall–Kier alpha value is -1.87. The monoisotopic (exact) mass is 355 g/mol. The summed E-state index contributed by atoms with van der Waals surface area (Å²) in [6.45, 7) is 10.8. The molecule has 0 saturated heterocycles. The minimum absolute atomic E-state index is 0.0180. The number of nitrogens with zero attached hydrogens (tertiary/aromatic N) is 1. The van der Waals surface area contributed by atoms with Crippen molar-refractivity contribution in [3.8, 4) is 16.9 Å². The third-order valence-corrected chi connectivity index (χ3v) is 4.90. The van der Waals surface area contributed by atoms with Crippen LogP contribution in [-0.4, -0.2) is 15.2 Å². The summed E-state index contributed by atoms with van der Waals surface area (Å²) in [5.74, 6) is 0.831. The van der Waals surface area contributed by atoms with Crippen LogP contribution < -0.4 is 0 Å². The van der Waals surface area contributed by atoms with Crippen molar-refractivity contribution >= 4 is 0 Å². The predicted octanol–water partition coefficient (Wildman–Crippen LogP) is 5.93. The number of benzene rings is 1. The number of phenols is 1. The molecule has 3 nitrogen and oxygen atoms in total. The third-order valence-electron chi connectivity index (χ3n) is 4.90. The highest BCUT2D eigenvalue weighted by molar-refractivity contribution is 5.73. The number of aromatic hydroxyl groups is 1. The summed E-state index contributed by atoms with van der Waals surface area (Å²) in [4.78, 5) is 5.02. The molecule has 0 saturated carbocycles. The molecule has 1 aromatic carbocycles. The Morgan fingerprint density at radius 1 is 0.885 bits per heavy atom. The van der Waals surface area contributed by atoms with E-state index in [1.165, 1.54) is 18.4 Å². The van der Waals surface area contributed by atoms with E-state index in [9.17, 15) is 10.2 Å². The van der Waals surface area contributed by atoms with E-state index in [-0.39, 0.29) is 18.3 Å². The number of unbranched alkanes of at least 4 members (excludes halogenated alkanes) is 2. The molecule has 0 aliphatic carbocycles. The zero-order chi connectivity index (χ0) is 19.3. The Kier molecular flexibility index (Phi) is 7.22. The Bertz CT molecular complexity index is 718. The molecule has 0 bridgehead atoms. The van der Waals surface area contributed by atoms with Gasteiger partial charge in [0.2, 0.25) is 0 Å². The van der Waals surface area contributed by atoms with Crippen LogP contribution in [0, 0.1) is 0 Å². The van der Waals surface area contributed by atoms with E-state index in [2.05, 4.69) is 34.6 Å². The summed E-state index contributed by atoms with van der Waals surface area (Å²) < 4.78 is 0. The van der Waals surface area contributed by atoms with Gasteiger partial charge in [-0.25, -0.2) is 0 Å². The molecule has 2 aromatic rings. The lowest BCUT2D eigenvalue weighted by Crippen LogP contribution is -2.12. The molecule has 0 radical (unpaired) electrons. The van der Waals surface area contributed by atoms with E-state index in [1.54, 1.807) is 12.1 Å². The number of aliphatic hydroxyl groups excluding tert-OH is 1. The lowest BCUT2D eigenvalue weighted by atomic mass is 9.85. The molecule has 142 valence electrons. The zero-order valence-corrected chi connectivity index (χ0v) is 16.8. The van der Waals surface area contributed by atoms with Crippen molar-refractivity contribution < 1.29 is 10.2 Å². The first-order valence-corrected chi connectivity index (χ1v) is 9.86. The van der Waals surface area contributed by atoms with Gasteiger partial charge in [-0.15, -0.1) is 0 Å². The second-order valence-corrected chi connectivity index (χ2v) is 7.69. The van der Waals surface area contributed by atoms with Crippen molar-refractivity contribution in [2.45, 2.75) is 78.7 Å². The number of rotatable bonds is 8. The maximum Gasteiger partial charge on any atom is 0.115 e. The van der Waals surface area contributed by atoms with Gasteiger partial charge in [0.15, 0.2) is 0 Å². The summed E-state index contributed by atoms with van der Waals surface area (Å²) >= 11 is 0. The fourth-order valence-electron chi connectivity index (χ4n) is 3.60. The van der Waals surface area contributed by atoms with Crippen LogP contribution in [0.2, 0.25) is 0 Å². The lowest BCUT2D eigenvalue weighted by Gasteiger charge is -2.24. The summed E-state index contributed by atoms with van der Waals surface area (Å²) in [7, 11) is 0. The average molecular weight is 356 g/mol. The first kappa shape index (κ1) is 20.4. The zero-order valence-electron chi connectivity index (χ0n) is 16.8. The van der Waals surface area contributed by atoms with Gasteiger partial charge in [0.05, 0.1) is 6.61 Å². The fourth-order valence-corrected chi connectivity index (χ4v) is 3.60. The Balaban J connectivity index is 2.77. The summed E-state index contributed by atoms with van der Waals surface area (Å²) in [5, 5.41) is 19.9. The lowest BCUT2D eigenvalue weighted by molar-refractivity contribution is 0.279. The van der Waals surface area contributed by atoms with Crippen LogP contribution in [0.25, 0.3) is 11.1 Å². The van der Waals surface area contributed by atoms with Gasteiger partial charge >= 0.3 is 0 Å². The molecule has 3 heteroatoms. The first-order chi connectivity index (χ1) is 12.4. The molecule has 1 aromatic heterocycles. The van der Waals surface area contributed by atoms with E-state index in [0.717, 1.165) is 40.9 Å². The van der Waals surface area contributed by atoms with Gasteiger partial charge in [0, 0.05) is 17.0 Å². The van der Waals surface area contributed by atoms with Crippen molar-refractivity contribution in [2.75, 3.05) is 0 Å². The average Bonchev–Trinajstić information content (AvgIpc) is 2.61. The largest absolute Gasteiger partial charge is 0.508 e. The molecular weight excluding hydrogens is 322 g/mol. The van der Waals surface area contributed by atoms with E-state index in [4.69, 9.17) is 4.98 Å². The van der Waals surface area contributed by atoms with Crippen LogP contribution in [0.3, 0.4) is 0 Å². The van der Waals surface area contributed by atoms with E-state index in [1.807, 2.05) is 12.1 Å². The van der Waals surface area contributed by atoms with Crippen LogP contribution in [0.4, 0.5) is 0 Å². The summed E-state index contributed by atoms with van der Waals surface area (Å²) in [5.41, 5.74) is 6.48. The maximum atomic E-state index is 10.2. The van der Waals surface area contributed by atoms with Crippen molar-refractivity contribution in [1.29, 1.82) is 0 Å². The molecular formula is C23H33NO2. The number of aromatic nitrogens is 1. The standard InChI is InChI=1S/C23H33NO2/c1-6-7-8-9-19-21(17-10-12-18(26)13-11-17)20(14-25)23(16(4)5)24-22(19)15(2)3/h10-13,15-16,25-26H,6-9,14H2,1-5H3. The molecule has 0 aliphatic rings. The Morgan fingerprint density at radius 2 is 1.46 bits per heavy atom. The second-order valence-electron chi connectivity index (χ2n) is 7.69. The van der Waals surface area contributed by atoms with Gasteiger partial charge in [-0.2, -0.15) is 0 Å². The van der Waals surface area contributed by atoms with Gasteiger partial charge in [-0.3, -0.25) is 4.98 Å². The molecule has 0 aliphatic heterocycles. The number of hydrogen-bond acceptors (Lipinski definition) is 3. The molecule has 0 spiro atoms. The minimum atomic E-state index is -0.0180. The van der Waals surface area contributed by atoms with Crippen LogP contribution >= 0.6 is 0 Å². The molecule has 26 heavy (non-hydrogen) atoms. The summed E-state index contributed by atoms with van der Waals surface area (Å²) in [6, 6.07) is 7.33. The topological polar surface area (TPSA) is 53.4 Å². The SMILES string of the molecule is CCCCCc1c(C(C)C)nc(C(C)C)c(CO)c1-c1ccc(O)cc1. The quantitative estimate of drug-likeness (QED) is 0.577. The van der Waals surface area contributed by atoms with Crippen molar-refractivity contribution in [1.82, 2.24) is 4.98 Å². The normalized spacial score (nSPS) is 11.5. The van der Waals surface area contributed by atoms with Gasteiger partial charge in [-0.1, -0.05) is 59.6 Å². The first-order valence-electron chi connectivity index (χ1n) is 9.86. The Morgan fingerprint density at radius 3 is 1.96 bits per heavy atom. The maximum absolute atomic E-state index is 10.2. The molecule has 1 heterocycles. The number of phenolic OH excluding ortho intramolecular Hbond substituents is 1. The highest BCUT2D eigenvalue weighted by Gasteiger charge is 2.23. The number of aliphatic hydroxyl groups is 1. The fraction of sp³-hybridized carbons (Fsp3) is 0.522. The van der Waals surface area contributed by atoms with E-state index < -0.39 is 0 Å². The van der Waals surface area contributed by atoms with Gasteiger partial charge in [0.25, 0.3) is 0 Å². The van der Waals surface area contributed by atoms with Gasteiger partial charge < -0.3 is 10.2 Å². The third kappa shape index (κ3) is 4.45. The Labute approximate surface area is 158 Å². The molecule has 0 unspecified atom stereocenters. The van der Waals surface area contributed by atoms with Crippen LogP contribution in [0.15, 0.2) is 24.3 Å². The molecule has 2 rings (SSSR count). The minimum Gasteiger partial charge on any atom is -0.508 e. The van der Waals surface area contributed by atoms with Crippen LogP contribution in [0.5, 0.6) is 5.75 Å². The smallest absolute Gasteiger partial charge is 0.115 e. The highest BCUT2D eigenvalue weighted by atomic mass is 16.3. The second kappa shape index (κ2) is 9.18. The molecule has 0 atom stereocenters. The number of pyridine rings is 1. The molecule has 0 amide bonds. The molecule has 0 fully saturated rings. The summed E-state index contributed by atoms with van der Waals surface area (Å²) in [6.07, 6.45) is 4.45. The van der Waals surface area contributed by atoms with Crippen LogP contribution in [0.1, 0.15) is 88.2 Å². The predicted molar refractivity (Wildman–Crippen MR) is 109 cm³/mol. The van der Waals surface area contributed by atoms with Crippen molar-refractivity contribution in [3.63, 3.8) is 0 Å². The number of hydrogen-bond donors (Lipinski definition) is 2. The van der Waals surface area contributed by atoms with Crippen molar-refractivity contribution in [3.05, 3.63) is 46.8 Å². The van der Waals surface area contributed by atoms with Crippen molar-refractivity contribution in [2.24, 2.45) is 0 Å². The van der Waals surface area contributed by atoms with Gasteiger partial charge in [0.1, 0.15) is 5.75 Å². The van der Waals surface area contributed by atoms with E-state index in [0.29, 0.717) is 5.92 Å². The molecule has 2 N–H and O–H groups in total. The highest BCUT2D eigenvalue weighted by Crippen LogP contribution is 2.37.